The molecule has 11 nitrogen and oxygen atoms in total. The third-order valence-electron chi connectivity index (χ3n) is 5.99. The van der Waals surface area contributed by atoms with Gasteiger partial charge in [-0.2, -0.15) is 0 Å². The zero-order chi connectivity index (χ0) is 25.1. The van der Waals surface area contributed by atoms with Crippen LogP contribution in [0.2, 0.25) is 5.02 Å². The van der Waals surface area contributed by atoms with Crippen molar-refractivity contribution in [3.8, 4) is 0 Å². The van der Waals surface area contributed by atoms with Crippen LogP contribution in [0.5, 0.6) is 0 Å². The van der Waals surface area contributed by atoms with Crippen LogP contribution in [0.1, 0.15) is 33.7 Å². The molecule has 14 heteroatoms. The van der Waals surface area contributed by atoms with Crippen molar-refractivity contribution >= 4 is 64.8 Å². The molecule has 1 fully saturated rings. The number of pyridine rings is 1. The Balaban J connectivity index is 0.00000361. The molecule has 0 spiro atoms. The van der Waals surface area contributed by atoms with Crippen LogP contribution in [-0.2, 0) is 27.3 Å². The number of rotatable bonds is 4. The number of carbonyl (C=O) groups is 4. The summed E-state index contributed by atoms with van der Waals surface area (Å²) < 4.78 is 0. The van der Waals surface area contributed by atoms with Crippen molar-refractivity contribution in [3.05, 3.63) is 38.9 Å². The van der Waals surface area contributed by atoms with Crippen LogP contribution >= 0.6 is 35.3 Å². The van der Waals surface area contributed by atoms with E-state index in [2.05, 4.69) is 25.9 Å². The minimum atomic E-state index is -0.855. The number of hydrogen-bond acceptors (Lipinski definition) is 8. The average Bonchev–Trinajstić information content (AvgIpc) is 3.26. The van der Waals surface area contributed by atoms with Gasteiger partial charge < -0.3 is 25.8 Å². The maximum Gasteiger partial charge on any atom is 0.314 e. The van der Waals surface area contributed by atoms with Crippen LogP contribution in [0.3, 0.4) is 0 Å². The van der Waals surface area contributed by atoms with Gasteiger partial charge in [-0.05, 0) is 32.1 Å². The van der Waals surface area contributed by atoms with E-state index in [4.69, 9.17) is 11.6 Å². The molecule has 36 heavy (non-hydrogen) atoms. The zero-order valence-corrected chi connectivity index (χ0v) is 22.1. The number of nitrogens with one attached hydrogen (secondary N) is 3. The Morgan fingerprint density at radius 2 is 1.89 bits per heavy atom. The van der Waals surface area contributed by atoms with Crippen molar-refractivity contribution in [2.24, 2.45) is 0 Å². The van der Waals surface area contributed by atoms with Crippen LogP contribution < -0.4 is 16.0 Å². The summed E-state index contributed by atoms with van der Waals surface area (Å²) in [5, 5.41) is 8.88. The fourth-order valence-electron chi connectivity index (χ4n) is 4.08. The minimum Gasteiger partial charge on any atom is -0.344 e. The monoisotopic (exact) mass is 555 g/mol. The quantitative estimate of drug-likeness (QED) is 0.480. The van der Waals surface area contributed by atoms with Crippen LogP contribution in [-0.4, -0.2) is 82.2 Å². The predicted octanol–water partition coefficient (Wildman–Crippen LogP) is 1.08. The molecule has 0 aromatic carbocycles. The molecule has 3 N–H and O–H groups in total. The molecule has 0 aliphatic carbocycles. The maximum atomic E-state index is 13.0. The van der Waals surface area contributed by atoms with Crippen LogP contribution in [0.25, 0.3) is 0 Å². The van der Waals surface area contributed by atoms with Crippen LogP contribution in [0.15, 0.2) is 18.3 Å². The van der Waals surface area contributed by atoms with Gasteiger partial charge in [0.25, 0.3) is 5.91 Å². The fraction of sp³-hybridized carbons (Fsp3) is 0.455. The third kappa shape index (κ3) is 6.69. The second kappa shape index (κ2) is 12.0. The molecule has 0 bridgehead atoms. The summed E-state index contributed by atoms with van der Waals surface area (Å²) in [7, 11) is 1.93. The number of likely N-dealkylation sites (tertiary alicyclic amines) is 1. The van der Waals surface area contributed by atoms with Gasteiger partial charge >= 0.3 is 11.8 Å². The number of hydrogen-bond donors (Lipinski definition) is 3. The number of halogens is 2. The third-order valence-corrected chi connectivity index (χ3v) is 7.30. The van der Waals surface area contributed by atoms with Crippen molar-refractivity contribution in [1.29, 1.82) is 0 Å². The van der Waals surface area contributed by atoms with E-state index in [1.807, 2.05) is 11.9 Å². The molecule has 2 aromatic heterocycles. The van der Waals surface area contributed by atoms with Crippen molar-refractivity contribution in [2.45, 2.75) is 38.4 Å². The van der Waals surface area contributed by atoms with Gasteiger partial charge in [0.1, 0.15) is 5.82 Å². The van der Waals surface area contributed by atoms with Crippen LogP contribution in [0.4, 0.5) is 5.82 Å². The first kappa shape index (κ1) is 27.8. The molecule has 0 unspecified atom stereocenters. The number of anilines is 1. The molecule has 4 amide bonds. The summed E-state index contributed by atoms with van der Waals surface area (Å²) in [5.41, 5.74) is 0.843. The first-order chi connectivity index (χ1) is 16.7. The molecule has 2 aromatic rings. The van der Waals surface area contributed by atoms with Crippen molar-refractivity contribution in [3.63, 3.8) is 0 Å². The van der Waals surface area contributed by atoms with E-state index in [0.717, 1.165) is 10.6 Å². The largest absolute Gasteiger partial charge is 0.344 e. The predicted molar refractivity (Wildman–Crippen MR) is 137 cm³/mol. The molecule has 2 atom stereocenters. The van der Waals surface area contributed by atoms with Crippen molar-refractivity contribution in [1.82, 2.24) is 30.4 Å². The SMILES string of the molecule is CC(=O)N1CCc2nc(C(=O)N[C@@H]3CN(C)CC[C@@H]3NC(=O)C(=O)Nc3ccc(Cl)cn3)sc2C1.Cl. The van der Waals surface area contributed by atoms with Gasteiger partial charge in [-0.25, -0.2) is 9.97 Å². The van der Waals surface area contributed by atoms with Crippen molar-refractivity contribution < 1.29 is 19.2 Å². The Kier molecular flexibility index (Phi) is 9.23. The summed E-state index contributed by atoms with van der Waals surface area (Å²) in [6.07, 6.45) is 2.54. The van der Waals surface area contributed by atoms with Gasteiger partial charge in [0.05, 0.1) is 29.3 Å². The molecule has 4 rings (SSSR count). The molecule has 0 saturated carbocycles. The number of thiazole rings is 1. The highest BCUT2D eigenvalue weighted by Gasteiger charge is 2.33. The summed E-state index contributed by atoms with van der Waals surface area (Å²) in [6, 6.07) is 2.20. The normalized spacial score (nSPS) is 19.5. The van der Waals surface area contributed by atoms with Gasteiger partial charge in [-0.1, -0.05) is 11.6 Å². The highest BCUT2D eigenvalue weighted by atomic mass is 35.5. The van der Waals surface area contributed by atoms with Gasteiger partial charge in [0, 0.05) is 37.5 Å². The lowest BCUT2D eigenvalue weighted by molar-refractivity contribution is -0.136. The van der Waals surface area contributed by atoms with Gasteiger partial charge in [-0.15, -0.1) is 23.7 Å². The second-order valence-corrected chi connectivity index (χ2v) is 10.1. The Morgan fingerprint density at radius 3 is 2.58 bits per heavy atom. The minimum absolute atomic E-state index is 0. The number of carbonyl (C=O) groups excluding carboxylic acids is 4. The summed E-state index contributed by atoms with van der Waals surface area (Å²) in [6.45, 7) is 3.77. The lowest BCUT2D eigenvalue weighted by atomic mass is 9.99. The van der Waals surface area contributed by atoms with Crippen molar-refractivity contribution in [2.75, 3.05) is 32.0 Å². The van der Waals surface area contributed by atoms with E-state index < -0.39 is 23.9 Å². The number of piperidine rings is 1. The standard InChI is InChI=1S/C22H26ClN7O4S.ClH/c1-12(31)30-8-6-15-17(11-30)35-22(27-15)21(34)26-16-10-29(2)7-5-14(16)25-19(32)20(33)28-18-4-3-13(23)9-24-18;/h3-4,9,14,16H,5-8,10-11H2,1-2H3,(H,25,32)(H,26,34)(H,24,28,33);1H/t14-,16+;/m0./s1. The van der Waals surface area contributed by atoms with Gasteiger partial charge in [0.2, 0.25) is 5.91 Å². The molecule has 2 aliphatic heterocycles. The lowest BCUT2D eigenvalue weighted by Gasteiger charge is -2.37. The Bertz CT molecular complexity index is 1140. The number of nitrogens with zero attached hydrogens (tertiary/aromatic N) is 4. The first-order valence-electron chi connectivity index (χ1n) is 11.2. The maximum absolute atomic E-state index is 13.0. The highest BCUT2D eigenvalue weighted by Crippen LogP contribution is 2.25. The molecular formula is C22H27Cl2N7O4S. The Hall–Kier alpha value is -2.80. The number of likely N-dealkylation sites (N-methyl/N-ethyl adjacent to an activating group) is 1. The van der Waals surface area contributed by atoms with E-state index in [0.29, 0.717) is 49.1 Å². The number of fused-ring (bicyclic) bond motifs is 1. The van der Waals surface area contributed by atoms with E-state index in [1.54, 1.807) is 11.0 Å². The molecular weight excluding hydrogens is 529 g/mol. The fourth-order valence-corrected chi connectivity index (χ4v) is 5.22. The molecule has 194 valence electrons. The first-order valence-corrected chi connectivity index (χ1v) is 12.4. The Morgan fingerprint density at radius 1 is 1.11 bits per heavy atom. The summed E-state index contributed by atoms with van der Waals surface area (Å²) in [5.74, 6) is -1.81. The van der Waals surface area contributed by atoms with Crippen LogP contribution in [0, 0.1) is 0 Å². The van der Waals surface area contributed by atoms with E-state index in [9.17, 15) is 19.2 Å². The smallest absolute Gasteiger partial charge is 0.314 e. The summed E-state index contributed by atoms with van der Waals surface area (Å²) >= 11 is 7.07. The van der Waals surface area contributed by atoms with E-state index in [1.165, 1.54) is 30.5 Å². The molecule has 2 aliphatic rings. The molecule has 0 radical (unpaired) electrons. The molecule has 1 saturated heterocycles. The zero-order valence-electron chi connectivity index (χ0n) is 19.7. The second-order valence-electron chi connectivity index (χ2n) is 8.61. The molecule has 4 heterocycles. The number of aromatic nitrogens is 2. The number of amides is 4. The average molecular weight is 556 g/mol. The lowest BCUT2D eigenvalue weighted by Crippen LogP contribution is -2.60. The highest BCUT2D eigenvalue weighted by molar-refractivity contribution is 7.13. The van der Waals surface area contributed by atoms with E-state index >= 15 is 0 Å². The topological polar surface area (TPSA) is 137 Å². The van der Waals surface area contributed by atoms with Gasteiger partial charge in [0.15, 0.2) is 5.01 Å². The van der Waals surface area contributed by atoms with E-state index in [-0.39, 0.29) is 30.0 Å². The Labute approximate surface area is 223 Å². The summed E-state index contributed by atoms with van der Waals surface area (Å²) in [4.78, 5) is 62.7. The van der Waals surface area contributed by atoms with Gasteiger partial charge in [-0.3, -0.25) is 19.2 Å².